The monoisotopic (exact) mass is 280 g/mol. The molecule has 4 N–H and O–H groups in total. The van der Waals surface area contributed by atoms with Gasteiger partial charge in [-0.15, -0.1) is 0 Å². The van der Waals surface area contributed by atoms with Crippen molar-refractivity contribution in [1.82, 2.24) is 10.5 Å². The third-order valence-corrected chi connectivity index (χ3v) is 2.92. The average molecular weight is 281 g/mol. The molecule has 1 heterocycles. The zero-order valence-corrected chi connectivity index (χ0v) is 10.8. The molecule has 0 spiro atoms. The Morgan fingerprint density at radius 1 is 1.42 bits per heavy atom. The first-order chi connectivity index (χ1) is 9.20. The van der Waals surface area contributed by atoms with Crippen molar-refractivity contribution in [3.05, 3.63) is 52.4 Å². The molecule has 0 aliphatic rings. The second-order valence-corrected chi connectivity index (χ2v) is 4.29. The van der Waals surface area contributed by atoms with Gasteiger partial charge >= 0.3 is 0 Å². The van der Waals surface area contributed by atoms with E-state index in [4.69, 9.17) is 27.1 Å². The van der Waals surface area contributed by atoms with Crippen LogP contribution in [0.3, 0.4) is 0 Å². The van der Waals surface area contributed by atoms with E-state index >= 15 is 0 Å². The minimum Gasteiger partial charge on any atom is -0.409 e. The highest BCUT2D eigenvalue weighted by Gasteiger charge is 2.05. The fraction of sp³-hybridized carbons (Fsp3) is 0.167. The first kappa shape index (κ1) is 13.4. The molecule has 19 heavy (non-hydrogen) atoms. The van der Waals surface area contributed by atoms with Crippen LogP contribution in [0.5, 0.6) is 0 Å². The van der Waals surface area contributed by atoms with Crippen LogP contribution in [0.2, 0.25) is 5.02 Å². The number of amidine groups is 1. The summed E-state index contributed by atoms with van der Waals surface area (Å²) in [5.74, 6) is 0.0315. The number of nitrogens with two attached hydrogens (primary N) is 1. The Balaban J connectivity index is 1.97. The van der Waals surface area contributed by atoms with E-state index in [-0.39, 0.29) is 5.84 Å². The second-order valence-electron chi connectivity index (χ2n) is 3.89. The molecule has 100 valence electrons. The summed E-state index contributed by atoms with van der Waals surface area (Å²) in [4.78, 5) is 0. The smallest absolute Gasteiger partial charge is 0.170 e. The highest BCUT2D eigenvalue weighted by Crippen LogP contribution is 2.18. The van der Waals surface area contributed by atoms with Crippen LogP contribution in [0.4, 0.5) is 0 Å². The zero-order chi connectivity index (χ0) is 13.7. The number of nitrogens with one attached hydrogen (secondary N) is 1. The van der Waals surface area contributed by atoms with Crippen molar-refractivity contribution < 1.29 is 9.73 Å². The van der Waals surface area contributed by atoms with Gasteiger partial charge in [0.2, 0.25) is 0 Å². The van der Waals surface area contributed by atoms with Crippen LogP contribution in [0.25, 0.3) is 0 Å². The van der Waals surface area contributed by atoms with Crippen molar-refractivity contribution in [2.75, 3.05) is 0 Å². The Hall–Kier alpha value is -2.05. The van der Waals surface area contributed by atoms with Crippen LogP contribution in [0, 0.1) is 0 Å². The van der Waals surface area contributed by atoms with Gasteiger partial charge in [0, 0.05) is 29.7 Å². The molecule has 6 nitrogen and oxygen atoms in total. The third-order valence-electron chi connectivity index (χ3n) is 2.57. The molecular formula is C12H13ClN4O2. The maximum absolute atomic E-state index is 8.59. The van der Waals surface area contributed by atoms with Crippen LogP contribution in [0.15, 0.2) is 40.2 Å². The second kappa shape index (κ2) is 6.21. The third kappa shape index (κ3) is 3.46. The Morgan fingerprint density at radius 2 is 2.26 bits per heavy atom. The maximum atomic E-state index is 8.59. The molecule has 0 bridgehead atoms. The molecule has 7 heteroatoms. The number of nitrogens with zero attached hydrogens (tertiary/aromatic N) is 2. The van der Waals surface area contributed by atoms with Crippen LogP contribution < -0.4 is 11.1 Å². The molecule has 0 atom stereocenters. The largest absolute Gasteiger partial charge is 0.409 e. The molecule has 0 aliphatic carbocycles. The lowest BCUT2D eigenvalue weighted by atomic mass is 10.1. The number of aromatic nitrogens is 1. The fourth-order valence-electron chi connectivity index (χ4n) is 1.56. The van der Waals surface area contributed by atoms with Gasteiger partial charge in [-0.25, -0.2) is 0 Å². The molecular weight excluding hydrogens is 268 g/mol. The molecule has 2 aromatic rings. The molecule has 0 fully saturated rings. The Bertz CT molecular complexity index is 569. The quantitative estimate of drug-likeness (QED) is 0.335. The number of benzene rings is 1. The molecule has 0 amide bonds. The Morgan fingerprint density at radius 3 is 2.89 bits per heavy atom. The number of hydrogen-bond donors (Lipinski definition) is 3. The van der Waals surface area contributed by atoms with E-state index in [1.807, 2.05) is 6.07 Å². The minimum atomic E-state index is 0.0315. The fourth-order valence-corrected chi connectivity index (χ4v) is 1.81. The van der Waals surface area contributed by atoms with Crippen molar-refractivity contribution in [3.8, 4) is 0 Å². The average Bonchev–Trinajstić information content (AvgIpc) is 2.93. The van der Waals surface area contributed by atoms with E-state index in [1.165, 1.54) is 6.26 Å². The highest BCUT2D eigenvalue weighted by molar-refractivity contribution is 6.31. The van der Waals surface area contributed by atoms with E-state index in [9.17, 15) is 0 Å². The van der Waals surface area contributed by atoms with Crippen LogP contribution in [-0.2, 0) is 13.1 Å². The van der Waals surface area contributed by atoms with Crippen LogP contribution in [-0.4, -0.2) is 16.2 Å². The maximum Gasteiger partial charge on any atom is 0.170 e. The van der Waals surface area contributed by atoms with Gasteiger partial charge in [-0.2, -0.15) is 0 Å². The SMILES string of the molecule is N/C(=N/O)c1ccc(CNCc2ccon2)c(Cl)c1. The van der Waals surface area contributed by atoms with Gasteiger partial charge < -0.3 is 20.8 Å². The van der Waals surface area contributed by atoms with E-state index in [0.717, 1.165) is 11.3 Å². The van der Waals surface area contributed by atoms with Crippen molar-refractivity contribution in [1.29, 1.82) is 0 Å². The summed E-state index contributed by atoms with van der Waals surface area (Å²) >= 11 is 6.12. The highest BCUT2D eigenvalue weighted by atomic mass is 35.5. The first-order valence-corrected chi connectivity index (χ1v) is 5.95. The molecule has 0 saturated carbocycles. The van der Waals surface area contributed by atoms with Crippen LogP contribution >= 0.6 is 11.6 Å². The lowest BCUT2D eigenvalue weighted by Gasteiger charge is -2.07. The summed E-state index contributed by atoms with van der Waals surface area (Å²) in [5.41, 5.74) is 7.80. The summed E-state index contributed by atoms with van der Waals surface area (Å²) in [6.07, 6.45) is 1.52. The molecule has 0 radical (unpaired) electrons. The number of rotatable bonds is 5. The zero-order valence-electron chi connectivity index (χ0n) is 10.0. The van der Waals surface area contributed by atoms with E-state index in [2.05, 4.69) is 15.6 Å². The van der Waals surface area contributed by atoms with Gasteiger partial charge in [-0.3, -0.25) is 0 Å². The van der Waals surface area contributed by atoms with Gasteiger partial charge in [0.05, 0.1) is 5.69 Å². The summed E-state index contributed by atoms with van der Waals surface area (Å²) in [5, 5.41) is 19.0. The number of hydrogen-bond acceptors (Lipinski definition) is 5. The van der Waals surface area contributed by atoms with Gasteiger partial charge in [-0.05, 0) is 11.6 Å². The molecule has 0 aliphatic heterocycles. The molecule has 2 rings (SSSR count). The van der Waals surface area contributed by atoms with Gasteiger partial charge in [0.25, 0.3) is 0 Å². The van der Waals surface area contributed by atoms with Gasteiger partial charge in [0.1, 0.15) is 6.26 Å². The summed E-state index contributed by atoms with van der Waals surface area (Å²) in [6, 6.07) is 7.01. The predicted octanol–water partition coefficient (Wildman–Crippen LogP) is 1.71. The summed E-state index contributed by atoms with van der Waals surface area (Å²) in [6.45, 7) is 1.18. The van der Waals surface area contributed by atoms with Crippen molar-refractivity contribution in [2.45, 2.75) is 13.1 Å². The van der Waals surface area contributed by atoms with E-state index in [1.54, 1.807) is 18.2 Å². The lowest BCUT2D eigenvalue weighted by molar-refractivity contribution is 0.318. The molecule has 0 saturated heterocycles. The molecule has 1 aromatic carbocycles. The minimum absolute atomic E-state index is 0.0315. The standard InChI is InChI=1S/C12H13ClN4O2/c13-11-5-8(12(14)16-18)1-2-9(11)6-15-7-10-3-4-19-17-10/h1-5,15,18H,6-7H2,(H2,14,16). The van der Waals surface area contributed by atoms with Crippen molar-refractivity contribution >= 4 is 17.4 Å². The van der Waals surface area contributed by atoms with Crippen molar-refractivity contribution in [3.63, 3.8) is 0 Å². The van der Waals surface area contributed by atoms with Gasteiger partial charge in [-0.1, -0.05) is 34.0 Å². The van der Waals surface area contributed by atoms with E-state index in [0.29, 0.717) is 23.7 Å². The van der Waals surface area contributed by atoms with Crippen LogP contribution in [0.1, 0.15) is 16.8 Å². The van der Waals surface area contributed by atoms with Crippen molar-refractivity contribution in [2.24, 2.45) is 10.9 Å². The number of halogens is 1. The number of oxime groups is 1. The predicted molar refractivity (Wildman–Crippen MR) is 71.0 cm³/mol. The molecule has 1 aromatic heterocycles. The van der Waals surface area contributed by atoms with Gasteiger partial charge in [0.15, 0.2) is 5.84 Å². The Labute approximate surface area is 114 Å². The van der Waals surface area contributed by atoms with E-state index < -0.39 is 0 Å². The lowest BCUT2D eigenvalue weighted by Crippen LogP contribution is -2.15. The summed E-state index contributed by atoms with van der Waals surface area (Å²) in [7, 11) is 0. The molecule has 0 unspecified atom stereocenters. The summed E-state index contributed by atoms with van der Waals surface area (Å²) < 4.78 is 4.73. The topological polar surface area (TPSA) is 96.7 Å². The Kier molecular flexibility index (Phi) is 4.38. The first-order valence-electron chi connectivity index (χ1n) is 5.57. The normalized spacial score (nSPS) is 11.7.